The van der Waals surface area contributed by atoms with Crippen molar-refractivity contribution in [3.05, 3.63) is 35.0 Å². The van der Waals surface area contributed by atoms with Crippen LogP contribution < -0.4 is 4.90 Å². The minimum absolute atomic E-state index is 0.379. The van der Waals surface area contributed by atoms with Gasteiger partial charge in [-0.1, -0.05) is 18.0 Å². The fraction of sp³-hybridized carbons (Fsp3) is 0.474. The number of carbonyl (C=O) groups is 1. The zero-order chi connectivity index (χ0) is 16.5. The van der Waals surface area contributed by atoms with Gasteiger partial charge in [-0.15, -0.1) is 0 Å². The Hall–Kier alpha value is -1.65. The van der Waals surface area contributed by atoms with E-state index in [0.717, 1.165) is 60.7 Å². The quantitative estimate of drug-likeness (QED) is 0.798. The lowest BCUT2D eigenvalue weighted by molar-refractivity contribution is -0.107. The highest BCUT2D eigenvalue weighted by molar-refractivity contribution is 6.36. The number of aldehydes is 1. The Morgan fingerprint density at radius 2 is 2.04 bits per heavy atom. The van der Waals surface area contributed by atoms with Crippen LogP contribution in [-0.2, 0) is 11.2 Å². The topological polar surface area (TPSA) is 36.4 Å². The van der Waals surface area contributed by atoms with Crippen LogP contribution in [0.1, 0.15) is 24.8 Å². The molecule has 0 spiro atoms. The summed E-state index contributed by atoms with van der Waals surface area (Å²) in [6, 6.07) is 6.64. The molecule has 24 heavy (non-hydrogen) atoms. The van der Waals surface area contributed by atoms with Gasteiger partial charge in [0.2, 0.25) is 0 Å². The third kappa shape index (κ3) is 2.78. The molecule has 126 valence electrons. The molecule has 4 rings (SSSR count). The Morgan fingerprint density at radius 3 is 2.71 bits per heavy atom. The molecule has 0 unspecified atom stereocenters. The largest absolute Gasteiger partial charge is 0.367 e. The third-order valence-electron chi connectivity index (χ3n) is 5.42. The zero-order valence-electron chi connectivity index (χ0n) is 13.7. The van der Waals surface area contributed by atoms with E-state index in [1.807, 2.05) is 18.2 Å². The number of aromatic nitrogens is 1. The molecule has 2 heterocycles. The van der Waals surface area contributed by atoms with Crippen LogP contribution in [-0.4, -0.2) is 48.4 Å². The minimum atomic E-state index is 0.379. The predicted octanol–water partition coefficient (Wildman–Crippen LogP) is 3.30. The first-order chi connectivity index (χ1) is 11.8. The summed E-state index contributed by atoms with van der Waals surface area (Å²) in [6.07, 6.45) is 7.21. The maximum atomic E-state index is 11.2. The van der Waals surface area contributed by atoms with Crippen LogP contribution >= 0.6 is 11.6 Å². The number of anilines is 1. The van der Waals surface area contributed by atoms with E-state index >= 15 is 0 Å². The molecule has 1 saturated heterocycles. The second kappa shape index (κ2) is 6.69. The molecule has 0 atom stereocenters. The van der Waals surface area contributed by atoms with E-state index in [-0.39, 0.29) is 0 Å². The van der Waals surface area contributed by atoms with Gasteiger partial charge in [-0.3, -0.25) is 9.88 Å². The molecule has 2 fully saturated rings. The van der Waals surface area contributed by atoms with Gasteiger partial charge < -0.3 is 9.69 Å². The summed E-state index contributed by atoms with van der Waals surface area (Å²) >= 11 is 6.42. The minimum Gasteiger partial charge on any atom is -0.367 e. The van der Waals surface area contributed by atoms with Gasteiger partial charge in [0.1, 0.15) is 6.29 Å². The molecule has 4 nitrogen and oxygen atoms in total. The number of nitrogens with zero attached hydrogens (tertiary/aromatic N) is 3. The maximum absolute atomic E-state index is 11.2. The third-order valence-corrected chi connectivity index (χ3v) is 5.73. The molecule has 5 heteroatoms. The van der Waals surface area contributed by atoms with Crippen molar-refractivity contribution in [3.63, 3.8) is 0 Å². The highest BCUT2D eigenvalue weighted by Gasteiger charge is 2.29. The van der Waals surface area contributed by atoms with Crippen LogP contribution in [0.3, 0.4) is 0 Å². The number of hydrogen-bond acceptors (Lipinski definition) is 4. The Bertz CT molecular complexity index is 752. The molecule has 0 radical (unpaired) electrons. The molecule has 2 aliphatic rings. The summed E-state index contributed by atoms with van der Waals surface area (Å²) in [4.78, 5) is 20.7. The van der Waals surface area contributed by atoms with Crippen LogP contribution in [0.25, 0.3) is 10.9 Å². The maximum Gasteiger partial charge on any atom is 0.124 e. The Morgan fingerprint density at radius 1 is 1.25 bits per heavy atom. The highest BCUT2D eigenvalue weighted by Crippen LogP contribution is 2.36. The summed E-state index contributed by atoms with van der Waals surface area (Å²) in [7, 11) is 0. The normalized spacial score (nSPS) is 19.5. The van der Waals surface area contributed by atoms with E-state index in [4.69, 9.17) is 11.6 Å². The summed E-state index contributed by atoms with van der Waals surface area (Å²) in [5.74, 6) is 0. The van der Waals surface area contributed by atoms with Gasteiger partial charge in [-0.2, -0.15) is 0 Å². The van der Waals surface area contributed by atoms with Gasteiger partial charge in [-0.05, 0) is 36.6 Å². The van der Waals surface area contributed by atoms with E-state index in [2.05, 4.69) is 14.8 Å². The van der Waals surface area contributed by atoms with Gasteiger partial charge in [0.15, 0.2) is 0 Å². The molecule has 2 aromatic rings. The fourth-order valence-corrected chi connectivity index (χ4v) is 4.18. The molecule has 1 aromatic heterocycles. The average molecular weight is 344 g/mol. The lowest BCUT2D eigenvalue weighted by Gasteiger charge is -2.44. The van der Waals surface area contributed by atoms with E-state index in [0.29, 0.717) is 11.4 Å². The summed E-state index contributed by atoms with van der Waals surface area (Å²) < 4.78 is 0. The van der Waals surface area contributed by atoms with Crippen molar-refractivity contribution in [2.24, 2.45) is 0 Å². The van der Waals surface area contributed by atoms with Gasteiger partial charge in [0, 0.05) is 50.2 Å². The summed E-state index contributed by atoms with van der Waals surface area (Å²) in [5, 5.41) is 1.64. The average Bonchev–Trinajstić information content (AvgIpc) is 2.55. The van der Waals surface area contributed by atoms with E-state index < -0.39 is 0 Å². The number of rotatable bonds is 4. The van der Waals surface area contributed by atoms with Crippen LogP contribution in [0.4, 0.5) is 5.69 Å². The van der Waals surface area contributed by atoms with Crippen LogP contribution in [0.15, 0.2) is 24.4 Å². The smallest absolute Gasteiger partial charge is 0.124 e. The first-order valence-corrected chi connectivity index (χ1v) is 9.14. The van der Waals surface area contributed by atoms with Crippen molar-refractivity contribution in [2.45, 2.75) is 31.7 Å². The first kappa shape index (κ1) is 15.9. The standard InChI is InChI=1S/C19H22ClN3O/c20-17-13-14(6-12-24)19(18-16(17)5-2-7-21-18)23-10-8-22(9-11-23)15-3-1-4-15/h2,5,7,12-13,15H,1,3-4,6,8-11H2. The van der Waals surface area contributed by atoms with Crippen molar-refractivity contribution in [2.75, 3.05) is 31.1 Å². The van der Waals surface area contributed by atoms with Crippen LogP contribution in [0.5, 0.6) is 0 Å². The molecular weight excluding hydrogens is 322 g/mol. The molecule has 0 amide bonds. The van der Waals surface area contributed by atoms with Crippen molar-refractivity contribution in [3.8, 4) is 0 Å². The molecule has 1 aliphatic heterocycles. The number of hydrogen-bond donors (Lipinski definition) is 0. The number of carbonyl (C=O) groups excluding carboxylic acids is 1. The molecule has 0 bridgehead atoms. The molecule has 1 aromatic carbocycles. The van der Waals surface area contributed by atoms with Crippen molar-refractivity contribution >= 4 is 34.5 Å². The Balaban J connectivity index is 1.68. The molecule has 1 aliphatic carbocycles. The summed E-state index contributed by atoms with van der Waals surface area (Å²) in [5.41, 5.74) is 2.99. The van der Waals surface area contributed by atoms with Gasteiger partial charge in [0.05, 0.1) is 16.2 Å². The lowest BCUT2D eigenvalue weighted by atomic mass is 9.91. The van der Waals surface area contributed by atoms with E-state index in [1.165, 1.54) is 19.3 Å². The highest BCUT2D eigenvalue weighted by atomic mass is 35.5. The van der Waals surface area contributed by atoms with E-state index in [1.54, 1.807) is 6.20 Å². The second-order valence-corrected chi connectivity index (χ2v) is 7.15. The van der Waals surface area contributed by atoms with Gasteiger partial charge >= 0.3 is 0 Å². The monoisotopic (exact) mass is 343 g/mol. The van der Waals surface area contributed by atoms with Gasteiger partial charge in [-0.25, -0.2) is 0 Å². The predicted molar refractivity (Wildman–Crippen MR) is 97.9 cm³/mol. The van der Waals surface area contributed by atoms with Crippen LogP contribution in [0.2, 0.25) is 5.02 Å². The molecule has 0 N–H and O–H groups in total. The lowest BCUT2D eigenvalue weighted by Crippen LogP contribution is -2.52. The Kier molecular flexibility index (Phi) is 4.42. The summed E-state index contributed by atoms with van der Waals surface area (Å²) in [6.45, 7) is 4.13. The first-order valence-electron chi connectivity index (χ1n) is 8.76. The second-order valence-electron chi connectivity index (χ2n) is 6.74. The number of halogens is 1. The fourth-order valence-electron chi connectivity index (χ4n) is 3.90. The van der Waals surface area contributed by atoms with E-state index in [9.17, 15) is 4.79 Å². The Labute approximate surface area is 147 Å². The SMILES string of the molecule is O=CCc1cc(Cl)c2cccnc2c1N1CCN(C2CCC2)CC1. The number of benzene rings is 1. The van der Waals surface area contributed by atoms with Crippen molar-refractivity contribution < 1.29 is 4.79 Å². The number of piperazine rings is 1. The molecular formula is C19H22ClN3O. The van der Waals surface area contributed by atoms with Crippen LogP contribution in [0, 0.1) is 0 Å². The zero-order valence-corrected chi connectivity index (χ0v) is 14.5. The van der Waals surface area contributed by atoms with Gasteiger partial charge in [0.25, 0.3) is 0 Å². The number of fused-ring (bicyclic) bond motifs is 1. The molecule has 1 saturated carbocycles. The number of pyridine rings is 1. The van der Waals surface area contributed by atoms with Crippen molar-refractivity contribution in [1.29, 1.82) is 0 Å². The van der Waals surface area contributed by atoms with Crippen molar-refractivity contribution in [1.82, 2.24) is 9.88 Å².